The predicted molar refractivity (Wildman–Crippen MR) is 114 cm³/mol. The van der Waals surface area contributed by atoms with Crippen LogP contribution in [0, 0.1) is 0 Å². The zero-order valence-corrected chi connectivity index (χ0v) is 16.9. The molecule has 1 atom stereocenters. The van der Waals surface area contributed by atoms with Crippen LogP contribution >= 0.6 is 0 Å². The van der Waals surface area contributed by atoms with Gasteiger partial charge in [0.1, 0.15) is 5.82 Å². The van der Waals surface area contributed by atoms with Gasteiger partial charge >= 0.3 is 0 Å². The van der Waals surface area contributed by atoms with Gasteiger partial charge in [-0.05, 0) is 49.3 Å². The highest BCUT2D eigenvalue weighted by molar-refractivity contribution is 5.91. The fraction of sp³-hybridized carbons (Fsp3) is 0.417. The van der Waals surface area contributed by atoms with Gasteiger partial charge in [0.05, 0.1) is 5.52 Å². The van der Waals surface area contributed by atoms with Crippen LogP contribution in [0.3, 0.4) is 0 Å². The van der Waals surface area contributed by atoms with Gasteiger partial charge in [0.2, 0.25) is 0 Å². The molecule has 3 heteroatoms. The van der Waals surface area contributed by atoms with Crippen LogP contribution in [0.15, 0.2) is 48.5 Å². The second-order valence-electron chi connectivity index (χ2n) is 8.75. The second kappa shape index (κ2) is 6.95. The lowest BCUT2D eigenvalue weighted by molar-refractivity contribution is 0.482. The van der Waals surface area contributed by atoms with Crippen LogP contribution in [0.4, 0.5) is 5.82 Å². The Morgan fingerprint density at radius 3 is 2.37 bits per heavy atom. The van der Waals surface area contributed by atoms with Crippen molar-refractivity contribution in [3.63, 3.8) is 0 Å². The smallest absolute Gasteiger partial charge is 0.162 e. The number of fused-ring (bicyclic) bond motifs is 1. The molecule has 3 nitrogen and oxygen atoms in total. The Balaban J connectivity index is 1.82. The molecular formula is C24H29N3. The first-order valence-corrected chi connectivity index (χ1v) is 10.1. The first-order chi connectivity index (χ1) is 12.9. The minimum Gasteiger partial charge on any atom is -0.353 e. The summed E-state index contributed by atoms with van der Waals surface area (Å²) in [6.45, 7) is 10.1. The summed E-state index contributed by atoms with van der Waals surface area (Å²) in [6.07, 6.45) is 3.77. The van der Waals surface area contributed by atoms with Gasteiger partial charge in [-0.3, -0.25) is 0 Å². The maximum Gasteiger partial charge on any atom is 0.162 e. The maximum atomic E-state index is 5.05. The third-order valence-corrected chi connectivity index (χ3v) is 5.67. The number of rotatable bonds is 2. The topological polar surface area (TPSA) is 29.0 Å². The molecule has 0 amide bonds. The summed E-state index contributed by atoms with van der Waals surface area (Å²) >= 11 is 0. The maximum absolute atomic E-state index is 5.05. The summed E-state index contributed by atoms with van der Waals surface area (Å²) in [7, 11) is 0. The van der Waals surface area contributed by atoms with E-state index in [9.17, 15) is 0 Å². The molecule has 1 aliphatic rings. The summed E-state index contributed by atoms with van der Waals surface area (Å²) in [4.78, 5) is 12.4. The minimum absolute atomic E-state index is 0.150. The summed E-state index contributed by atoms with van der Waals surface area (Å²) in [5, 5.41) is 1.15. The van der Waals surface area contributed by atoms with Crippen LogP contribution in [-0.4, -0.2) is 22.6 Å². The number of benzene rings is 2. The third kappa shape index (κ3) is 3.55. The highest BCUT2D eigenvalue weighted by Crippen LogP contribution is 2.32. The number of hydrogen-bond donors (Lipinski definition) is 0. The largest absolute Gasteiger partial charge is 0.353 e. The molecule has 1 fully saturated rings. The molecule has 1 aliphatic heterocycles. The van der Waals surface area contributed by atoms with Crippen LogP contribution in [0.2, 0.25) is 0 Å². The number of hydrogen-bond acceptors (Lipinski definition) is 3. The SMILES string of the molecule is C[C@H]1CCCCN1c1nc(-c2ccc(C(C)(C)C)cc2)nc2ccccc12. The lowest BCUT2D eigenvalue weighted by atomic mass is 9.86. The molecule has 2 aromatic carbocycles. The Kier molecular flexibility index (Phi) is 4.63. The van der Waals surface area contributed by atoms with Crippen molar-refractivity contribution >= 4 is 16.7 Å². The standard InChI is InChI=1S/C24H29N3/c1-17-9-7-8-16-27(17)23-20-10-5-6-11-21(20)25-22(26-23)18-12-14-19(15-13-18)24(2,3)4/h5-6,10-15,17H,7-9,16H2,1-4H3/t17-/m0/s1. The van der Waals surface area contributed by atoms with Crippen LogP contribution in [0.1, 0.15) is 52.5 Å². The van der Waals surface area contributed by atoms with Crippen molar-refractivity contribution in [2.45, 2.75) is 58.4 Å². The van der Waals surface area contributed by atoms with Crippen LogP contribution in [0.5, 0.6) is 0 Å². The van der Waals surface area contributed by atoms with E-state index in [1.807, 2.05) is 0 Å². The Morgan fingerprint density at radius 1 is 0.926 bits per heavy atom. The van der Waals surface area contributed by atoms with Gasteiger partial charge in [0.25, 0.3) is 0 Å². The summed E-state index contributed by atoms with van der Waals surface area (Å²) in [6, 6.07) is 17.7. The molecule has 27 heavy (non-hydrogen) atoms. The van der Waals surface area contributed by atoms with E-state index in [4.69, 9.17) is 9.97 Å². The first-order valence-electron chi connectivity index (χ1n) is 10.1. The van der Waals surface area contributed by atoms with Gasteiger partial charge < -0.3 is 4.90 Å². The van der Waals surface area contributed by atoms with E-state index in [1.165, 1.54) is 24.8 Å². The van der Waals surface area contributed by atoms with Gasteiger partial charge in [0, 0.05) is 23.5 Å². The number of piperidine rings is 1. The van der Waals surface area contributed by atoms with Gasteiger partial charge in [0.15, 0.2) is 5.82 Å². The quantitative estimate of drug-likeness (QED) is 0.564. The molecule has 140 valence electrons. The molecule has 0 spiro atoms. The number of anilines is 1. The molecule has 0 unspecified atom stereocenters. The van der Waals surface area contributed by atoms with Gasteiger partial charge in [-0.2, -0.15) is 0 Å². The van der Waals surface area contributed by atoms with Crippen LogP contribution in [0.25, 0.3) is 22.3 Å². The average Bonchev–Trinajstić information content (AvgIpc) is 2.67. The van der Waals surface area contributed by atoms with Crippen molar-refractivity contribution in [2.75, 3.05) is 11.4 Å². The molecule has 0 saturated carbocycles. The van der Waals surface area contributed by atoms with Gasteiger partial charge in [-0.25, -0.2) is 9.97 Å². The van der Waals surface area contributed by atoms with Crippen molar-refractivity contribution < 1.29 is 0 Å². The Labute approximate surface area is 162 Å². The number of nitrogens with zero attached hydrogens (tertiary/aromatic N) is 3. The predicted octanol–water partition coefficient (Wildman–Crippen LogP) is 5.97. The Hall–Kier alpha value is -2.42. The lowest BCUT2D eigenvalue weighted by Crippen LogP contribution is -2.38. The summed E-state index contributed by atoms with van der Waals surface area (Å²) in [5.74, 6) is 1.91. The summed E-state index contributed by atoms with van der Waals surface area (Å²) in [5.41, 5.74) is 3.59. The zero-order valence-electron chi connectivity index (χ0n) is 16.9. The molecule has 0 radical (unpaired) electrons. The van der Waals surface area contributed by atoms with Crippen LogP contribution < -0.4 is 4.90 Å². The minimum atomic E-state index is 0.150. The van der Waals surface area contributed by atoms with Gasteiger partial charge in [-0.15, -0.1) is 0 Å². The van der Waals surface area contributed by atoms with Crippen molar-refractivity contribution in [3.8, 4) is 11.4 Å². The Bertz CT molecular complexity index is 938. The highest BCUT2D eigenvalue weighted by Gasteiger charge is 2.23. The van der Waals surface area contributed by atoms with Crippen molar-refractivity contribution in [3.05, 3.63) is 54.1 Å². The van der Waals surface area contributed by atoms with E-state index in [1.54, 1.807) is 0 Å². The zero-order chi connectivity index (χ0) is 19.0. The van der Waals surface area contributed by atoms with Crippen LogP contribution in [-0.2, 0) is 5.41 Å². The molecular weight excluding hydrogens is 330 g/mol. The second-order valence-corrected chi connectivity index (χ2v) is 8.75. The van der Waals surface area contributed by atoms with E-state index < -0.39 is 0 Å². The van der Waals surface area contributed by atoms with Gasteiger partial charge in [-0.1, -0.05) is 57.2 Å². The van der Waals surface area contributed by atoms with E-state index in [2.05, 4.69) is 81.1 Å². The molecule has 0 bridgehead atoms. The van der Waals surface area contributed by atoms with E-state index in [0.717, 1.165) is 34.7 Å². The van der Waals surface area contributed by atoms with Crippen molar-refractivity contribution in [1.82, 2.24) is 9.97 Å². The summed E-state index contributed by atoms with van der Waals surface area (Å²) < 4.78 is 0. The monoisotopic (exact) mass is 359 g/mol. The lowest BCUT2D eigenvalue weighted by Gasteiger charge is -2.35. The number of aromatic nitrogens is 2. The third-order valence-electron chi connectivity index (χ3n) is 5.67. The first kappa shape index (κ1) is 18.0. The van der Waals surface area contributed by atoms with E-state index >= 15 is 0 Å². The molecule has 1 saturated heterocycles. The molecule has 1 aromatic heterocycles. The molecule has 2 heterocycles. The average molecular weight is 360 g/mol. The van der Waals surface area contributed by atoms with Crippen molar-refractivity contribution in [1.29, 1.82) is 0 Å². The molecule has 3 aromatic rings. The fourth-order valence-corrected chi connectivity index (χ4v) is 3.94. The molecule has 0 aliphatic carbocycles. The highest BCUT2D eigenvalue weighted by atomic mass is 15.2. The molecule has 4 rings (SSSR count). The van der Waals surface area contributed by atoms with E-state index in [0.29, 0.717) is 6.04 Å². The fourth-order valence-electron chi connectivity index (χ4n) is 3.94. The molecule has 0 N–H and O–H groups in total. The van der Waals surface area contributed by atoms with Crippen molar-refractivity contribution in [2.24, 2.45) is 0 Å². The number of para-hydroxylation sites is 1. The Morgan fingerprint density at radius 2 is 1.67 bits per heavy atom. The normalized spacial score (nSPS) is 18.1. The van der Waals surface area contributed by atoms with E-state index in [-0.39, 0.29) is 5.41 Å².